The molecule has 2 aromatic rings. The number of rotatable bonds is 6. The van der Waals surface area contributed by atoms with Gasteiger partial charge in [0.1, 0.15) is 5.56 Å². The zero-order valence-electron chi connectivity index (χ0n) is 14.9. The molecule has 0 heterocycles. The predicted octanol–water partition coefficient (Wildman–Crippen LogP) is 3.03. The number of benzene rings is 2. The summed E-state index contributed by atoms with van der Waals surface area (Å²) in [4.78, 5) is 36.0. The Balaban J connectivity index is 1.97. The quantitative estimate of drug-likeness (QED) is 0.451. The Morgan fingerprint density at radius 2 is 1.85 bits per heavy atom. The monoisotopic (exact) mass is 356 g/mol. The van der Waals surface area contributed by atoms with Crippen molar-refractivity contribution in [3.63, 3.8) is 0 Å². The van der Waals surface area contributed by atoms with Crippen molar-refractivity contribution < 1.29 is 19.2 Å². The summed E-state index contributed by atoms with van der Waals surface area (Å²) < 4.78 is 4.95. The van der Waals surface area contributed by atoms with Gasteiger partial charge in [0, 0.05) is 19.7 Å². The predicted molar refractivity (Wildman–Crippen MR) is 95.8 cm³/mol. The Hall–Kier alpha value is -3.22. The molecule has 136 valence electrons. The zero-order chi connectivity index (χ0) is 19.3. The van der Waals surface area contributed by atoms with Crippen LogP contribution < -0.4 is 0 Å². The highest BCUT2D eigenvalue weighted by Crippen LogP contribution is 2.18. The Morgan fingerprint density at radius 1 is 1.15 bits per heavy atom. The van der Waals surface area contributed by atoms with Crippen LogP contribution in [0.25, 0.3) is 0 Å². The molecule has 26 heavy (non-hydrogen) atoms. The highest BCUT2D eigenvalue weighted by atomic mass is 16.6. The van der Waals surface area contributed by atoms with Gasteiger partial charge in [0.05, 0.1) is 4.92 Å². The molecule has 0 aliphatic carbocycles. The number of hydrogen-bond donors (Lipinski definition) is 0. The van der Waals surface area contributed by atoms with Crippen molar-refractivity contribution in [2.45, 2.75) is 20.4 Å². The van der Waals surface area contributed by atoms with Crippen LogP contribution >= 0.6 is 0 Å². The van der Waals surface area contributed by atoms with Crippen molar-refractivity contribution in [1.29, 1.82) is 0 Å². The van der Waals surface area contributed by atoms with Gasteiger partial charge < -0.3 is 9.64 Å². The van der Waals surface area contributed by atoms with Crippen LogP contribution in [-0.4, -0.2) is 35.4 Å². The van der Waals surface area contributed by atoms with Crippen molar-refractivity contribution in [3.8, 4) is 0 Å². The minimum Gasteiger partial charge on any atom is -0.452 e. The minimum atomic E-state index is -0.898. The second-order valence-electron chi connectivity index (χ2n) is 6.03. The molecule has 0 saturated heterocycles. The van der Waals surface area contributed by atoms with Crippen LogP contribution in [0.1, 0.15) is 27.0 Å². The molecular formula is C19H20N2O5. The third kappa shape index (κ3) is 4.66. The van der Waals surface area contributed by atoms with Crippen LogP contribution in [0.5, 0.6) is 0 Å². The number of para-hydroxylation sites is 1. The molecule has 2 aromatic carbocycles. The molecule has 0 saturated carbocycles. The van der Waals surface area contributed by atoms with Gasteiger partial charge in [0.2, 0.25) is 0 Å². The topological polar surface area (TPSA) is 89.8 Å². The van der Waals surface area contributed by atoms with Crippen LogP contribution in [0, 0.1) is 24.0 Å². The summed E-state index contributed by atoms with van der Waals surface area (Å²) in [6.45, 7) is 3.86. The minimum absolute atomic E-state index is 0.178. The molecule has 0 aliphatic rings. The number of nitro benzene ring substituents is 1. The summed E-state index contributed by atoms with van der Waals surface area (Å²) in [7, 11) is 1.61. The van der Waals surface area contributed by atoms with Gasteiger partial charge in [0.25, 0.3) is 11.6 Å². The lowest BCUT2D eigenvalue weighted by atomic mass is 10.1. The van der Waals surface area contributed by atoms with Gasteiger partial charge in [-0.05, 0) is 31.0 Å². The number of ether oxygens (including phenoxy) is 1. The average molecular weight is 356 g/mol. The standard InChI is InChI=1S/C19H20N2O5/c1-13-8-9-15(14(2)10-13)11-20(3)18(22)12-26-19(23)16-6-4-5-7-17(16)21(24)25/h4-10H,11-12H2,1-3H3. The molecule has 0 N–H and O–H groups in total. The first-order chi connectivity index (χ1) is 12.3. The smallest absolute Gasteiger partial charge is 0.345 e. The second kappa shape index (κ2) is 8.24. The van der Waals surface area contributed by atoms with E-state index in [1.54, 1.807) is 7.05 Å². The Bertz CT molecular complexity index is 848. The van der Waals surface area contributed by atoms with E-state index < -0.39 is 23.4 Å². The van der Waals surface area contributed by atoms with E-state index in [1.807, 2.05) is 32.0 Å². The Kier molecular flexibility index (Phi) is 6.06. The van der Waals surface area contributed by atoms with Gasteiger partial charge in [-0.3, -0.25) is 14.9 Å². The van der Waals surface area contributed by atoms with Gasteiger partial charge in [-0.25, -0.2) is 4.79 Å². The fourth-order valence-electron chi connectivity index (χ4n) is 2.49. The van der Waals surface area contributed by atoms with Gasteiger partial charge in [-0.15, -0.1) is 0 Å². The number of likely N-dealkylation sites (N-methyl/N-ethyl adjacent to an activating group) is 1. The molecule has 7 nitrogen and oxygen atoms in total. The van der Waals surface area contributed by atoms with Crippen molar-refractivity contribution in [3.05, 3.63) is 74.8 Å². The first-order valence-corrected chi connectivity index (χ1v) is 8.00. The molecule has 1 amide bonds. The highest BCUT2D eigenvalue weighted by Gasteiger charge is 2.22. The summed E-state index contributed by atoms with van der Waals surface area (Å²) in [6, 6.07) is 11.4. The molecule has 0 bridgehead atoms. The van der Waals surface area contributed by atoms with Gasteiger partial charge in [-0.2, -0.15) is 0 Å². The maximum absolute atomic E-state index is 12.2. The van der Waals surface area contributed by atoms with E-state index in [1.165, 1.54) is 29.2 Å². The molecule has 0 unspecified atom stereocenters. The molecule has 2 rings (SSSR count). The number of carbonyl (C=O) groups is 2. The van der Waals surface area contributed by atoms with Gasteiger partial charge >= 0.3 is 5.97 Å². The second-order valence-corrected chi connectivity index (χ2v) is 6.03. The highest BCUT2D eigenvalue weighted by molar-refractivity contribution is 5.95. The van der Waals surface area contributed by atoms with Crippen molar-refractivity contribution >= 4 is 17.6 Å². The number of nitro groups is 1. The number of nitrogens with zero attached hydrogens (tertiary/aromatic N) is 2. The lowest BCUT2D eigenvalue weighted by Crippen LogP contribution is -2.31. The lowest BCUT2D eigenvalue weighted by molar-refractivity contribution is -0.385. The molecule has 0 fully saturated rings. The first-order valence-electron chi connectivity index (χ1n) is 8.00. The van der Waals surface area contributed by atoms with Crippen molar-refractivity contribution in [1.82, 2.24) is 4.90 Å². The first kappa shape index (κ1) is 19.1. The molecule has 0 aromatic heterocycles. The number of hydrogen-bond acceptors (Lipinski definition) is 5. The van der Waals surface area contributed by atoms with E-state index in [-0.39, 0.29) is 11.3 Å². The molecule has 0 spiro atoms. The fourth-order valence-corrected chi connectivity index (χ4v) is 2.49. The maximum atomic E-state index is 12.2. The number of esters is 1. The number of carbonyl (C=O) groups excluding carboxylic acids is 2. The zero-order valence-corrected chi connectivity index (χ0v) is 14.9. The molecule has 7 heteroatoms. The molecule has 0 aliphatic heterocycles. The van der Waals surface area contributed by atoms with Gasteiger partial charge in [0.15, 0.2) is 6.61 Å². The van der Waals surface area contributed by atoms with E-state index in [2.05, 4.69) is 0 Å². The normalized spacial score (nSPS) is 10.3. The van der Waals surface area contributed by atoms with Crippen LogP contribution in [-0.2, 0) is 16.1 Å². The molecule has 0 atom stereocenters. The van der Waals surface area contributed by atoms with Crippen LogP contribution in [0.2, 0.25) is 0 Å². The third-order valence-electron chi connectivity index (χ3n) is 3.98. The molecule has 0 radical (unpaired) electrons. The fraction of sp³-hybridized carbons (Fsp3) is 0.263. The molecular weight excluding hydrogens is 336 g/mol. The number of aryl methyl sites for hydroxylation is 2. The summed E-state index contributed by atoms with van der Waals surface area (Å²) in [5.74, 6) is -1.29. The van der Waals surface area contributed by atoms with Crippen LogP contribution in [0.3, 0.4) is 0 Å². The Labute approximate surface area is 151 Å². The van der Waals surface area contributed by atoms with Gasteiger partial charge in [-0.1, -0.05) is 35.9 Å². The average Bonchev–Trinajstić information content (AvgIpc) is 2.61. The maximum Gasteiger partial charge on any atom is 0.345 e. The number of amides is 1. The van der Waals surface area contributed by atoms with E-state index in [4.69, 9.17) is 4.74 Å². The summed E-state index contributed by atoms with van der Waals surface area (Å²) >= 11 is 0. The van der Waals surface area contributed by atoms with Crippen molar-refractivity contribution in [2.24, 2.45) is 0 Å². The largest absolute Gasteiger partial charge is 0.452 e. The Morgan fingerprint density at radius 3 is 2.50 bits per heavy atom. The summed E-state index contributed by atoms with van der Waals surface area (Å²) in [5.41, 5.74) is 2.67. The lowest BCUT2D eigenvalue weighted by Gasteiger charge is -2.18. The third-order valence-corrected chi connectivity index (χ3v) is 3.98. The summed E-state index contributed by atoms with van der Waals surface area (Å²) in [6.07, 6.45) is 0. The van der Waals surface area contributed by atoms with Crippen LogP contribution in [0.15, 0.2) is 42.5 Å². The van der Waals surface area contributed by atoms with E-state index in [9.17, 15) is 19.7 Å². The van der Waals surface area contributed by atoms with Crippen molar-refractivity contribution in [2.75, 3.05) is 13.7 Å². The van der Waals surface area contributed by atoms with E-state index >= 15 is 0 Å². The van der Waals surface area contributed by atoms with E-state index in [0.717, 1.165) is 16.7 Å². The SMILES string of the molecule is Cc1ccc(CN(C)C(=O)COC(=O)c2ccccc2[N+](=O)[O-])c(C)c1. The van der Waals surface area contributed by atoms with E-state index in [0.29, 0.717) is 6.54 Å². The van der Waals surface area contributed by atoms with Crippen LogP contribution in [0.4, 0.5) is 5.69 Å². The summed E-state index contributed by atoms with van der Waals surface area (Å²) in [5, 5.41) is 11.0.